The lowest BCUT2D eigenvalue weighted by atomic mass is 10.1. The van der Waals surface area contributed by atoms with Crippen LogP contribution in [0.25, 0.3) is 0 Å². The highest BCUT2D eigenvalue weighted by Crippen LogP contribution is 2.31. The first-order chi connectivity index (χ1) is 12.4. The maximum absolute atomic E-state index is 12.4. The Balaban J connectivity index is 2.02. The van der Waals surface area contributed by atoms with E-state index in [0.717, 1.165) is 11.3 Å². The Kier molecular flexibility index (Phi) is 7.47. The van der Waals surface area contributed by atoms with Crippen molar-refractivity contribution in [2.24, 2.45) is 0 Å². The van der Waals surface area contributed by atoms with Gasteiger partial charge in [-0.2, -0.15) is 8.78 Å². The molecule has 2 aromatic carbocycles. The van der Waals surface area contributed by atoms with Gasteiger partial charge >= 0.3 is 0 Å². The summed E-state index contributed by atoms with van der Waals surface area (Å²) in [5.41, 5.74) is 1.67. The largest absolute Gasteiger partial charge is 0.493 e. The van der Waals surface area contributed by atoms with Crippen LogP contribution in [0, 0.1) is 0 Å². The van der Waals surface area contributed by atoms with Gasteiger partial charge < -0.3 is 19.7 Å². The first-order valence-electron chi connectivity index (χ1n) is 7.71. The van der Waals surface area contributed by atoms with E-state index in [1.807, 2.05) is 30.1 Å². The summed E-state index contributed by atoms with van der Waals surface area (Å²) < 4.78 is 35.5. The van der Waals surface area contributed by atoms with Crippen molar-refractivity contribution in [2.75, 3.05) is 26.6 Å². The highest BCUT2D eigenvalue weighted by molar-refractivity contribution is 7.99. The molecule has 140 valence electrons. The summed E-state index contributed by atoms with van der Waals surface area (Å²) in [5, 5.41) is 3.60. The van der Waals surface area contributed by atoms with Crippen molar-refractivity contribution in [1.29, 1.82) is 0 Å². The molecule has 0 aromatic heterocycles. The van der Waals surface area contributed by atoms with Crippen molar-refractivity contribution in [2.45, 2.75) is 17.2 Å². The first-order valence-corrected chi connectivity index (χ1v) is 9.00. The van der Waals surface area contributed by atoms with Gasteiger partial charge in [0.05, 0.1) is 14.2 Å². The third-order valence-electron chi connectivity index (χ3n) is 3.57. The van der Waals surface area contributed by atoms with Crippen LogP contribution in [-0.2, 0) is 6.54 Å². The number of anilines is 1. The minimum Gasteiger partial charge on any atom is -0.493 e. The van der Waals surface area contributed by atoms with Crippen LogP contribution >= 0.6 is 24.0 Å². The first kappa shape index (κ1) is 20.3. The van der Waals surface area contributed by atoms with Crippen LogP contribution in [0.3, 0.4) is 0 Å². The van der Waals surface area contributed by atoms with Gasteiger partial charge in [0, 0.05) is 29.7 Å². The molecule has 0 unspecified atom stereocenters. The number of para-hydroxylation sites is 1. The molecule has 2 rings (SSSR count). The molecule has 26 heavy (non-hydrogen) atoms. The summed E-state index contributed by atoms with van der Waals surface area (Å²) in [6.07, 6.45) is 0. The monoisotopic (exact) mass is 398 g/mol. The van der Waals surface area contributed by atoms with E-state index in [1.165, 1.54) is 0 Å². The highest BCUT2D eigenvalue weighted by Gasteiger charge is 2.13. The zero-order valence-electron chi connectivity index (χ0n) is 14.7. The number of nitrogens with zero attached hydrogens (tertiary/aromatic N) is 1. The van der Waals surface area contributed by atoms with Crippen LogP contribution < -0.4 is 14.8 Å². The summed E-state index contributed by atoms with van der Waals surface area (Å²) in [7, 11) is 5.04. The smallest absolute Gasteiger partial charge is 0.288 e. The number of nitrogens with one attached hydrogen (secondary N) is 1. The van der Waals surface area contributed by atoms with Crippen LogP contribution in [0.4, 0.5) is 14.5 Å². The van der Waals surface area contributed by atoms with Crippen LogP contribution in [0.5, 0.6) is 11.5 Å². The number of ether oxygens (including phenoxy) is 2. The third-order valence-corrected chi connectivity index (χ3v) is 4.71. The molecule has 4 nitrogen and oxygen atoms in total. The summed E-state index contributed by atoms with van der Waals surface area (Å²) in [6.45, 7) is 0.519. The number of methoxy groups -OCH3 is 2. The lowest BCUT2D eigenvalue weighted by molar-refractivity contribution is 0.252. The Morgan fingerprint density at radius 1 is 1.15 bits per heavy atom. The molecule has 0 spiro atoms. The van der Waals surface area contributed by atoms with Crippen LogP contribution in [0.2, 0.25) is 0 Å². The molecule has 0 bridgehead atoms. The number of hydrogen-bond donors (Lipinski definition) is 1. The zero-order chi connectivity index (χ0) is 19.1. The molecule has 2 aromatic rings. The van der Waals surface area contributed by atoms with E-state index in [2.05, 4.69) is 5.32 Å². The van der Waals surface area contributed by atoms with E-state index < -0.39 is 5.76 Å². The number of thiocarbonyl (C=S) groups is 1. The van der Waals surface area contributed by atoms with E-state index in [1.54, 1.807) is 38.5 Å². The number of hydrogen-bond acceptors (Lipinski definition) is 4. The molecule has 0 aliphatic heterocycles. The number of benzene rings is 2. The van der Waals surface area contributed by atoms with Gasteiger partial charge in [0.1, 0.15) is 0 Å². The Hall–Kier alpha value is -2.06. The summed E-state index contributed by atoms with van der Waals surface area (Å²) in [4.78, 5) is 2.36. The van der Waals surface area contributed by atoms with Crippen molar-refractivity contribution in [3.8, 4) is 11.5 Å². The molecule has 0 amide bonds. The summed E-state index contributed by atoms with van der Waals surface area (Å²) >= 11 is 5.93. The second-order valence-electron chi connectivity index (χ2n) is 5.34. The Labute approximate surface area is 161 Å². The average molecular weight is 399 g/mol. The van der Waals surface area contributed by atoms with E-state index >= 15 is 0 Å². The number of halogens is 2. The van der Waals surface area contributed by atoms with E-state index in [0.29, 0.717) is 39.8 Å². The minimum absolute atomic E-state index is 0.504. The van der Waals surface area contributed by atoms with Gasteiger partial charge in [0.25, 0.3) is 5.76 Å². The third kappa shape index (κ3) is 5.47. The lowest BCUT2D eigenvalue weighted by Crippen LogP contribution is -2.30. The zero-order valence-corrected chi connectivity index (χ0v) is 16.3. The van der Waals surface area contributed by atoms with Crippen molar-refractivity contribution in [1.82, 2.24) is 4.90 Å². The van der Waals surface area contributed by atoms with Crippen molar-refractivity contribution >= 4 is 34.8 Å². The Bertz CT molecular complexity index is 742. The normalized spacial score (nSPS) is 10.5. The Morgan fingerprint density at radius 3 is 2.42 bits per heavy atom. The summed E-state index contributed by atoms with van der Waals surface area (Å²) in [6, 6.07) is 12.4. The average Bonchev–Trinajstić information content (AvgIpc) is 2.62. The fourth-order valence-corrected chi connectivity index (χ4v) is 3.03. The van der Waals surface area contributed by atoms with Crippen molar-refractivity contribution < 1.29 is 18.3 Å². The molecular formula is C18H20F2N2O2S2. The van der Waals surface area contributed by atoms with Gasteiger partial charge in [-0.3, -0.25) is 0 Å². The van der Waals surface area contributed by atoms with Crippen molar-refractivity contribution in [3.63, 3.8) is 0 Å². The topological polar surface area (TPSA) is 33.7 Å². The maximum atomic E-state index is 12.4. The number of alkyl halides is 2. The number of thioether (sulfide) groups is 1. The van der Waals surface area contributed by atoms with E-state index in [-0.39, 0.29) is 0 Å². The standard InChI is InChI=1S/C18H20F2N2O2S2/c1-22(11-12-5-4-6-15(23-2)16(12)24-3)18(25)21-13-7-9-14(10-8-13)26-17(19)20/h4-10,17H,11H2,1-3H3,(H,21,25). The van der Waals surface area contributed by atoms with E-state index in [9.17, 15) is 8.78 Å². The fraction of sp³-hybridized carbons (Fsp3) is 0.278. The molecule has 0 radical (unpaired) electrons. The fourth-order valence-electron chi connectivity index (χ4n) is 2.34. The molecule has 1 N–H and O–H groups in total. The van der Waals surface area contributed by atoms with Crippen LogP contribution in [-0.4, -0.2) is 37.0 Å². The van der Waals surface area contributed by atoms with Crippen molar-refractivity contribution in [3.05, 3.63) is 48.0 Å². The molecule has 0 aliphatic rings. The minimum atomic E-state index is -2.43. The van der Waals surface area contributed by atoms with Gasteiger partial charge in [-0.15, -0.1) is 0 Å². The molecule has 0 fully saturated rings. The maximum Gasteiger partial charge on any atom is 0.288 e. The van der Waals surface area contributed by atoms with Crippen LogP contribution in [0.15, 0.2) is 47.4 Å². The molecule has 0 heterocycles. The van der Waals surface area contributed by atoms with Gasteiger partial charge in [-0.25, -0.2) is 0 Å². The van der Waals surface area contributed by atoms with Gasteiger partial charge in [0.15, 0.2) is 16.6 Å². The summed E-state index contributed by atoms with van der Waals surface area (Å²) in [5.74, 6) is -1.11. The van der Waals surface area contributed by atoms with Crippen LogP contribution in [0.1, 0.15) is 5.56 Å². The quantitative estimate of drug-likeness (QED) is 0.531. The molecule has 8 heteroatoms. The Morgan fingerprint density at radius 2 is 1.85 bits per heavy atom. The SMILES string of the molecule is COc1cccc(CN(C)C(=S)Nc2ccc(SC(F)F)cc2)c1OC. The second kappa shape index (κ2) is 9.59. The predicted octanol–water partition coefficient (Wildman–Crippen LogP) is 4.85. The van der Waals surface area contributed by atoms with Gasteiger partial charge in [0.2, 0.25) is 0 Å². The molecule has 0 saturated carbocycles. The molecule has 0 aliphatic carbocycles. The molecular weight excluding hydrogens is 378 g/mol. The van der Waals surface area contributed by atoms with Gasteiger partial charge in [-0.1, -0.05) is 23.9 Å². The van der Waals surface area contributed by atoms with Gasteiger partial charge in [-0.05, 0) is 42.5 Å². The van der Waals surface area contributed by atoms with E-state index in [4.69, 9.17) is 21.7 Å². The lowest BCUT2D eigenvalue weighted by Gasteiger charge is -2.23. The molecule has 0 saturated heterocycles. The predicted molar refractivity (Wildman–Crippen MR) is 106 cm³/mol. The molecule has 0 atom stereocenters. The highest BCUT2D eigenvalue weighted by atomic mass is 32.2. The second-order valence-corrected chi connectivity index (χ2v) is 6.79. The number of rotatable bonds is 7.